The summed E-state index contributed by atoms with van der Waals surface area (Å²) in [6, 6.07) is 0. The second-order valence-electron chi connectivity index (χ2n) is 1.35. The highest BCUT2D eigenvalue weighted by Crippen LogP contribution is 2.24. The molecule has 0 aliphatic rings. The molecule has 0 aromatic rings. The fourth-order valence-electron chi connectivity index (χ4n) is 0.157. The summed E-state index contributed by atoms with van der Waals surface area (Å²) in [4.78, 5) is 18.7. The lowest BCUT2D eigenvalue weighted by Gasteiger charge is -2.02. The molecule has 9 heteroatoms. The van der Waals surface area contributed by atoms with Crippen molar-refractivity contribution in [1.82, 2.24) is 0 Å². The van der Waals surface area contributed by atoms with E-state index in [-0.39, 0.29) is 0 Å². The van der Waals surface area contributed by atoms with E-state index in [0.717, 1.165) is 5.18 Å². The van der Waals surface area contributed by atoms with Crippen molar-refractivity contribution >= 4 is 16.1 Å². The van der Waals surface area contributed by atoms with Gasteiger partial charge in [0.2, 0.25) is 0 Å². The molecule has 0 rings (SSSR count). The standard InChI is InChI=1S/C2F3NO4S/c3-2(4,1(7)6-8)11(5,9)10. The summed E-state index contributed by atoms with van der Waals surface area (Å²) in [6.45, 7) is 0. The molecule has 0 aromatic heterocycles. The van der Waals surface area contributed by atoms with Crippen molar-refractivity contribution in [3.63, 3.8) is 0 Å². The van der Waals surface area contributed by atoms with E-state index in [0.29, 0.717) is 0 Å². The van der Waals surface area contributed by atoms with Crippen molar-refractivity contribution in [2.24, 2.45) is 5.18 Å². The van der Waals surface area contributed by atoms with Gasteiger partial charge in [-0.15, -0.1) is 4.91 Å². The second kappa shape index (κ2) is 2.57. The molecule has 5 nitrogen and oxygen atoms in total. The zero-order valence-electron chi connectivity index (χ0n) is 4.62. The molecule has 0 atom stereocenters. The average molecular weight is 191 g/mol. The predicted octanol–water partition coefficient (Wildman–Crippen LogP) is 0.172. The molecule has 64 valence electrons. The molecular formula is C2F3NO4S. The molecule has 0 saturated carbocycles. The van der Waals surface area contributed by atoms with Crippen LogP contribution in [0.3, 0.4) is 0 Å². The number of rotatable bonds is 2. The van der Waals surface area contributed by atoms with Gasteiger partial charge in [0.05, 0.1) is 0 Å². The summed E-state index contributed by atoms with van der Waals surface area (Å²) in [5, 5.41) is -4.30. The summed E-state index contributed by atoms with van der Waals surface area (Å²) < 4.78 is 53.7. The van der Waals surface area contributed by atoms with Crippen molar-refractivity contribution in [3.05, 3.63) is 4.91 Å². The highest BCUT2D eigenvalue weighted by Gasteiger charge is 2.54. The largest absolute Gasteiger partial charge is 0.456 e. The number of amides is 1. The second-order valence-corrected chi connectivity index (χ2v) is 2.74. The van der Waals surface area contributed by atoms with Crippen molar-refractivity contribution in [2.45, 2.75) is 5.25 Å². The van der Waals surface area contributed by atoms with E-state index in [1.807, 2.05) is 0 Å². The van der Waals surface area contributed by atoms with Crippen molar-refractivity contribution in [3.8, 4) is 0 Å². The maximum atomic E-state index is 11.7. The van der Waals surface area contributed by atoms with E-state index in [1.54, 1.807) is 0 Å². The Kier molecular flexibility index (Phi) is 2.33. The van der Waals surface area contributed by atoms with Crippen LogP contribution < -0.4 is 0 Å². The van der Waals surface area contributed by atoms with E-state index < -0.39 is 21.4 Å². The van der Waals surface area contributed by atoms with Crippen LogP contribution in [0.25, 0.3) is 0 Å². The minimum atomic E-state index is -6.39. The lowest BCUT2D eigenvalue weighted by atomic mass is 10.7. The van der Waals surface area contributed by atoms with E-state index in [4.69, 9.17) is 4.91 Å². The lowest BCUT2D eigenvalue weighted by Crippen LogP contribution is -2.33. The molecule has 0 bridgehead atoms. The van der Waals surface area contributed by atoms with Gasteiger partial charge in [0.1, 0.15) is 0 Å². The van der Waals surface area contributed by atoms with Gasteiger partial charge < -0.3 is 0 Å². The van der Waals surface area contributed by atoms with Gasteiger partial charge in [0.15, 0.2) is 0 Å². The number of hydrogen-bond acceptors (Lipinski definition) is 4. The molecule has 0 spiro atoms. The monoisotopic (exact) mass is 191 g/mol. The van der Waals surface area contributed by atoms with Crippen LogP contribution in [-0.2, 0) is 15.0 Å². The highest BCUT2D eigenvalue weighted by molar-refractivity contribution is 7.88. The van der Waals surface area contributed by atoms with Crippen molar-refractivity contribution < 1.29 is 25.9 Å². The average Bonchev–Trinajstić information content (AvgIpc) is 1.83. The highest BCUT2D eigenvalue weighted by atomic mass is 32.3. The van der Waals surface area contributed by atoms with Crippen LogP contribution in [-0.4, -0.2) is 19.6 Å². The van der Waals surface area contributed by atoms with Crippen LogP contribution in [0.1, 0.15) is 0 Å². The Morgan fingerprint density at radius 2 is 1.73 bits per heavy atom. The maximum absolute atomic E-state index is 11.7. The molecule has 0 saturated heterocycles. The first-order valence-corrected chi connectivity index (χ1v) is 3.31. The normalized spacial score (nSPS) is 12.6. The Balaban J connectivity index is 5.06. The van der Waals surface area contributed by atoms with E-state index in [9.17, 15) is 25.9 Å². The van der Waals surface area contributed by atoms with Crippen LogP contribution in [0, 0.1) is 4.91 Å². The quantitative estimate of drug-likeness (QED) is 0.460. The fourth-order valence-corrected chi connectivity index (χ4v) is 0.403. The van der Waals surface area contributed by atoms with Crippen LogP contribution in [0.15, 0.2) is 5.18 Å². The fraction of sp³-hybridized carbons (Fsp3) is 0.500. The molecule has 0 aliphatic heterocycles. The van der Waals surface area contributed by atoms with Crippen LogP contribution in [0.2, 0.25) is 0 Å². The number of hydrogen-bond donors (Lipinski definition) is 0. The molecular weight excluding hydrogens is 191 g/mol. The van der Waals surface area contributed by atoms with Crippen molar-refractivity contribution in [2.75, 3.05) is 0 Å². The van der Waals surface area contributed by atoms with Crippen LogP contribution >= 0.6 is 0 Å². The predicted molar refractivity (Wildman–Crippen MR) is 25.8 cm³/mol. The number of alkyl halides is 2. The first kappa shape index (κ1) is 10.0. The van der Waals surface area contributed by atoms with E-state index in [1.165, 1.54) is 0 Å². The van der Waals surface area contributed by atoms with Gasteiger partial charge >= 0.3 is 21.4 Å². The molecule has 0 N–H and O–H groups in total. The van der Waals surface area contributed by atoms with E-state index in [2.05, 4.69) is 0 Å². The smallest absolute Gasteiger partial charge is 0.260 e. The topological polar surface area (TPSA) is 80.6 Å². The zero-order chi connectivity index (χ0) is 9.28. The molecule has 0 radical (unpaired) electrons. The number of carbonyl (C=O) groups excluding carboxylic acids is 1. The van der Waals surface area contributed by atoms with Gasteiger partial charge in [-0.25, -0.2) is 0 Å². The molecule has 0 unspecified atom stereocenters. The summed E-state index contributed by atoms with van der Waals surface area (Å²) in [7, 11) is -6.39. The Bertz CT molecular complexity index is 282. The molecule has 11 heavy (non-hydrogen) atoms. The van der Waals surface area contributed by atoms with Gasteiger partial charge in [0.25, 0.3) is 0 Å². The number of nitrogens with zero attached hydrogens (tertiary/aromatic N) is 1. The third kappa shape index (κ3) is 1.73. The zero-order valence-corrected chi connectivity index (χ0v) is 5.44. The SMILES string of the molecule is O=NC(=O)C(F)(F)S(=O)(=O)F. The number of halogens is 3. The number of carbonyl (C=O) groups is 1. The molecule has 1 amide bonds. The maximum Gasteiger partial charge on any atom is 0.456 e. The van der Waals surface area contributed by atoms with Gasteiger partial charge in [-0.1, -0.05) is 3.89 Å². The lowest BCUT2D eigenvalue weighted by molar-refractivity contribution is -0.132. The van der Waals surface area contributed by atoms with Gasteiger partial charge in [0, 0.05) is 5.18 Å². The van der Waals surface area contributed by atoms with Gasteiger partial charge in [-0.2, -0.15) is 17.2 Å². The summed E-state index contributed by atoms with van der Waals surface area (Å²) in [5.74, 6) is -2.87. The Morgan fingerprint density at radius 3 is 1.82 bits per heavy atom. The first-order chi connectivity index (χ1) is 4.73. The third-order valence-electron chi connectivity index (χ3n) is 0.638. The van der Waals surface area contributed by atoms with Gasteiger partial charge in [-0.3, -0.25) is 4.79 Å². The molecule has 0 heterocycles. The Morgan fingerprint density at radius 1 is 1.36 bits per heavy atom. The van der Waals surface area contributed by atoms with Gasteiger partial charge in [-0.05, 0) is 0 Å². The summed E-state index contributed by atoms with van der Waals surface area (Å²) >= 11 is 0. The minimum Gasteiger partial charge on any atom is -0.260 e. The summed E-state index contributed by atoms with van der Waals surface area (Å²) in [6.07, 6.45) is 0. The summed E-state index contributed by atoms with van der Waals surface area (Å²) in [5.41, 5.74) is 0. The Hall–Kier alpha value is -0.990. The van der Waals surface area contributed by atoms with E-state index >= 15 is 0 Å². The third-order valence-corrected chi connectivity index (χ3v) is 1.43. The molecule has 0 aliphatic carbocycles. The van der Waals surface area contributed by atoms with Crippen molar-refractivity contribution in [1.29, 1.82) is 0 Å². The molecule has 0 fully saturated rings. The Labute approximate surface area is 58.4 Å². The number of nitroso groups, excluding NO2 is 1. The van der Waals surface area contributed by atoms with Crippen LogP contribution in [0.4, 0.5) is 12.7 Å². The molecule has 0 aromatic carbocycles. The first-order valence-electron chi connectivity index (χ1n) is 1.93. The van der Waals surface area contributed by atoms with Crippen LogP contribution in [0.5, 0.6) is 0 Å². The minimum absolute atomic E-state index is 1.07.